The van der Waals surface area contributed by atoms with Crippen LogP contribution in [0.2, 0.25) is 0 Å². The zero-order chi connectivity index (χ0) is 12.8. The normalized spacial score (nSPS) is 12.8. The van der Waals surface area contributed by atoms with Crippen molar-refractivity contribution in [3.63, 3.8) is 0 Å². The van der Waals surface area contributed by atoms with E-state index < -0.39 is 0 Å². The fourth-order valence-corrected chi connectivity index (χ4v) is 1.46. The minimum atomic E-state index is -0.363. The number of halogens is 1. The number of rotatable bonds is 6. The predicted molar refractivity (Wildman–Crippen MR) is 64.5 cm³/mol. The summed E-state index contributed by atoms with van der Waals surface area (Å²) in [5.74, 6) is -0.387. The van der Waals surface area contributed by atoms with Gasteiger partial charge in [-0.15, -0.1) is 0 Å². The van der Waals surface area contributed by atoms with Crippen LogP contribution in [0.25, 0.3) is 0 Å². The molecule has 0 aromatic heterocycles. The summed E-state index contributed by atoms with van der Waals surface area (Å²) in [5, 5.41) is 9.13. The minimum absolute atomic E-state index is 0.0434. The van der Waals surface area contributed by atoms with E-state index in [9.17, 15) is 9.18 Å². The molecule has 0 fully saturated rings. The van der Waals surface area contributed by atoms with Crippen LogP contribution < -0.4 is 0 Å². The number of carbonyl (C=O) groups excluding carboxylic acids is 1. The maximum atomic E-state index is 12.7. The molecule has 0 spiro atoms. The Morgan fingerprint density at radius 1 is 1.41 bits per heavy atom. The molecule has 0 saturated heterocycles. The Labute approximate surface area is 101 Å². The topological polar surface area (TPSA) is 40.5 Å². The minimum Gasteiger partial charge on any atom is -0.393 e. The van der Waals surface area contributed by atoms with Gasteiger partial charge in [0.05, 0.1) is 12.6 Å². The first-order valence-corrected chi connectivity index (χ1v) is 5.64. The molecule has 0 amide bonds. The third-order valence-corrected chi connectivity index (χ3v) is 2.51. The molecular weight excluding hydrogens is 221 g/mol. The molecule has 1 aromatic rings. The van der Waals surface area contributed by atoms with E-state index in [2.05, 4.69) is 0 Å². The van der Waals surface area contributed by atoms with Crippen molar-refractivity contribution in [3.05, 3.63) is 35.6 Å². The number of likely N-dealkylation sites (N-methyl/N-ethyl adjacent to an activating group) is 1. The van der Waals surface area contributed by atoms with Crippen molar-refractivity contribution < 1.29 is 14.3 Å². The highest BCUT2D eigenvalue weighted by Crippen LogP contribution is 2.05. The number of Topliss-reactive ketones (excluding diaryl/α,β-unsaturated/α-hetero) is 1. The van der Waals surface area contributed by atoms with E-state index >= 15 is 0 Å². The molecule has 4 heteroatoms. The van der Waals surface area contributed by atoms with Gasteiger partial charge in [-0.3, -0.25) is 9.69 Å². The van der Waals surface area contributed by atoms with Crippen LogP contribution in [-0.2, 0) is 0 Å². The van der Waals surface area contributed by atoms with Gasteiger partial charge in [0.25, 0.3) is 0 Å². The van der Waals surface area contributed by atoms with Gasteiger partial charge in [-0.2, -0.15) is 0 Å². The molecule has 1 aromatic carbocycles. The molecule has 0 aliphatic rings. The van der Waals surface area contributed by atoms with Crippen LogP contribution in [-0.4, -0.2) is 42.0 Å². The lowest BCUT2D eigenvalue weighted by atomic mass is 10.1. The smallest absolute Gasteiger partial charge is 0.176 e. The number of carbonyl (C=O) groups is 1. The quantitative estimate of drug-likeness (QED) is 0.768. The molecule has 0 bridgehead atoms. The van der Waals surface area contributed by atoms with Gasteiger partial charge in [-0.05, 0) is 44.7 Å². The first-order chi connectivity index (χ1) is 7.99. The Morgan fingerprint density at radius 2 is 2.00 bits per heavy atom. The average Bonchev–Trinajstić information content (AvgIpc) is 2.27. The second kappa shape index (κ2) is 6.47. The first-order valence-electron chi connectivity index (χ1n) is 5.64. The van der Waals surface area contributed by atoms with Crippen LogP contribution in [0, 0.1) is 5.82 Å². The Bertz CT molecular complexity index is 362. The summed E-state index contributed by atoms with van der Waals surface area (Å²) in [6.45, 7) is 2.65. The monoisotopic (exact) mass is 239 g/mol. The first kappa shape index (κ1) is 13.8. The lowest BCUT2D eigenvalue weighted by Gasteiger charge is -2.16. The zero-order valence-corrected chi connectivity index (χ0v) is 10.2. The van der Waals surface area contributed by atoms with E-state index in [1.807, 2.05) is 11.9 Å². The maximum Gasteiger partial charge on any atom is 0.176 e. The molecule has 1 atom stereocenters. The van der Waals surface area contributed by atoms with E-state index in [0.717, 1.165) is 0 Å². The van der Waals surface area contributed by atoms with Crippen LogP contribution in [0.3, 0.4) is 0 Å². The fraction of sp³-hybridized carbons (Fsp3) is 0.462. The number of aliphatic hydroxyl groups is 1. The molecule has 0 radical (unpaired) electrons. The van der Waals surface area contributed by atoms with Crippen LogP contribution in [0.1, 0.15) is 23.7 Å². The number of hydrogen-bond acceptors (Lipinski definition) is 3. The molecular formula is C13H18FNO2. The van der Waals surface area contributed by atoms with Gasteiger partial charge in [0.2, 0.25) is 0 Å². The summed E-state index contributed by atoms with van der Waals surface area (Å²) in [5.41, 5.74) is 0.510. The third-order valence-electron chi connectivity index (χ3n) is 2.51. The maximum absolute atomic E-state index is 12.7. The third kappa shape index (κ3) is 5.06. The van der Waals surface area contributed by atoms with Crippen molar-refractivity contribution in [2.24, 2.45) is 0 Å². The van der Waals surface area contributed by atoms with Crippen molar-refractivity contribution in [2.45, 2.75) is 19.4 Å². The summed E-state index contributed by atoms with van der Waals surface area (Å²) in [6, 6.07) is 5.53. The van der Waals surface area contributed by atoms with Crippen molar-refractivity contribution in [1.82, 2.24) is 4.90 Å². The molecule has 1 N–H and O–H groups in total. The number of benzene rings is 1. The Kier molecular flexibility index (Phi) is 5.25. The lowest BCUT2D eigenvalue weighted by molar-refractivity contribution is 0.0931. The predicted octanol–water partition coefficient (Wildman–Crippen LogP) is 1.71. The van der Waals surface area contributed by atoms with Crippen LogP contribution in [0.15, 0.2) is 24.3 Å². The Morgan fingerprint density at radius 3 is 2.53 bits per heavy atom. The number of hydrogen-bond donors (Lipinski definition) is 1. The van der Waals surface area contributed by atoms with Crippen LogP contribution >= 0.6 is 0 Å². The van der Waals surface area contributed by atoms with E-state index in [-0.39, 0.29) is 24.2 Å². The highest BCUT2D eigenvalue weighted by atomic mass is 19.1. The van der Waals surface area contributed by atoms with E-state index in [0.29, 0.717) is 18.5 Å². The van der Waals surface area contributed by atoms with Crippen molar-refractivity contribution in [3.8, 4) is 0 Å². The summed E-state index contributed by atoms with van der Waals surface area (Å²) in [6.07, 6.45) is 0.270. The van der Waals surface area contributed by atoms with Gasteiger partial charge >= 0.3 is 0 Å². The van der Waals surface area contributed by atoms with Gasteiger partial charge < -0.3 is 5.11 Å². The summed E-state index contributed by atoms with van der Waals surface area (Å²) in [7, 11) is 1.82. The summed E-state index contributed by atoms with van der Waals surface area (Å²) in [4.78, 5) is 13.6. The van der Waals surface area contributed by atoms with E-state index in [1.54, 1.807) is 6.92 Å². The molecule has 1 unspecified atom stereocenters. The van der Waals surface area contributed by atoms with Gasteiger partial charge in [0.1, 0.15) is 5.82 Å². The second-order valence-electron chi connectivity index (χ2n) is 4.31. The van der Waals surface area contributed by atoms with Gasteiger partial charge in [-0.1, -0.05) is 0 Å². The second-order valence-corrected chi connectivity index (χ2v) is 4.31. The van der Waals surface area contributed by atoms with Crippen LogP contribution in [0.4, 0.5) is 4.39 Å². The van der Waals surface area contributed by atoms with Gasteiger partial charge in [0.15, 0.2) is 5.78 Å². The largest absolute Gasteiger partial charge is 0.393 e. The standard InChI is InChI=1S/C13H18FNO2/c1-10(16)7-8-15(2)9-13(17)11-3-5-12(14)6-4-11/h3-6,10,16H,7-9H2,1-2H3. The highest BCUT2D eigenvalue weighted by Gasteiger charge is 2.09. The van der Waals surface area contributed by atoms with Gasteiger partial charge in [-0.25, -0.2) is 4.39 Å². The Hall–Kier alpha value is -1.26. The molecule has 0 heterocycles. The lowest BCUT2D eigenvalue weighted by Crippen LogP contribution is -2.28. The van der Waals surface area contributed by atoms with E-state index in [4.69, 9.17) is 5.11 Å². The van der Waals surface area contributed by atoms with E-state index in [1.165, 1.54) is 24.3 Å². The van der Waals surface area contributed by atoms with Gasteiger partial charge in [0, 0.05) is 12.1 Å². The van der Waals surface area contributed by atoms with Crippen molar-refractivity contribution in [1.29, 1.82) is 0 Å². The summed E-state index contributed by atoms with van der Waals surface area (Å²) < 4.78 is 12.7. The van der Waals surface area contributed by atoms with Crippen molar-refractivity contribution >= 4 is 5.78 Å². The molecule has 1 rings (SSSR count). The molecule has 0 aliphatic heterocycles. The molecule has 94 valence electrons. The molecule has 3 nitrogen and oxygen atoms in total. The fourth-order valence-electron chi connectivity index (χ4n) is 1.46. The number of ketones is 1. The summed E-state index contributed by atoms with van der Waals surface area (Å²) >= 11 is 0. The van der Waals surface area contributed by atoms with Crippen LogP contribution in [0.5, 0.6) is 0 Å². The SMILES string of the molecule is CC(O)CCN(C)CC(=O)c1ccc(F)cc1. The average molecular weight is 239 g/mol. The Balaban J connectivity index is 2.46. The number of aliphatic hydroxyl groups excluding tert-OH is 1. The van der Waals surface area contributed by atoms with Crippen molar-refractivity contribution in [2.75, 3.05) is 20.1 Å². The molecule has 0 aliphatic carbocycles. The molecule has 0 saturated carbocycles. The number of nitrogens with zero attached hydrogens (tertiary/aromatic N) is 1. The molecule has 17 heavy (non-hydrogen) atoms. The zero-order valence-electron chi connectivity index (χ0n) is 10.2. The highest BCUT2D eigenvalue weighted by molar-refractivity contribution is 5.97.